The molecule has 0 aliphatic heterocycles. The highest BCUT2D eigenvalue weighted by Gasteiger charge is 2.15. The Morgan fingerprint density at radius 2 is 2.17 bits per heavy atom. The number of nitrogens with one attached hydrogen (secondary N) is 1. The summed E-state index contributed by atoms with van der Waals surface area (Å²) in [6, 6.07) is -0.0976. The molecule has 0 aromatic carbocycles. The number of carbonyl (C=O) groups is 2. The van der Waals surface area contributed by atoms with Crippen LogP contribution in [-0.4, -0.2) is 30.3 Å². The van der Waals surface area contributed by atoms with Crippen LogP contribution in [0.1, 0.15) is 37.2 Å². The summed E-state index contributed by atoms with van der Waals surface area (Å²) in [5.41, 5.74) is 0. The first-order chi connectivity index (χ1) is 8.67. The van der Waals surface area contributed by atoms with Crippen LogP contribution in [0.4, 0.5) is 10.8 Å². The van der Waals surface area contributed by atoms with Crippen molar-refractivity contribution in [2.45, 2.75) is 26.7 Å². The molecule has 7 heteroatoms. The summed E-state index contributed by atoms with van der Waals surface area (Å²) in [5.74, 6) is -0.696. The van der Waals surface area contributed by atoms with Crippen LogP contribution in [0.15, 0.2) is 10.6 Å². The van der Waals surface area contributed by atoms with Gasteiger partial charge in [0, 0.05) is 0 Å². The quantitative estimate of drug-likeness (QED) is 0.619. The van der Waals surface area contributed by atoms with Crippen molar-refractivity contribution >= 4 is 18.1 Å². The number of amides is 1. The zero-order valence-electron chi connectivity index (χ0n) is 10.4. The van der Waals surface area contributed by atoms with Crippen molar-refractivity contribution in [1.29, 1.82) is 0 Å². The van der Waals surface area contributed by atoms with Crippen LogP contribution >= 0.6 is 0 Å². The van der Waals surface area contributed by atoms with Crippen LogP contribution in [0.25, 0.3) is 0 Å². The van der Waals surface area contributed by atoms with Gasteiger partial charge in [-0.3, -0.25) is 0 Å². The molecular weight excluding hydrogens is 240 g/mol. The zero-order valence-corrected chi connectivity index (χ0v) is 10.4. The van der Waals surface area contributed by atoms with Gasteiger partial charge in [0.25, 0.3) is 0 Å². The minimum Gasteiger partial charge on any atom is -0.460 e. The summed E-state index contributed by atoms with van der Waals surface area (Å²) in [6.45, 7) is 4.23. The number of hydrogen-bond acceptors (Lipinski definition) is 6. The maximum absolute atomic E-state index is 11.3. The normalized spacial score (nSPS) is 9.89. The first kappa shape index (κ1) is 14.0. The highest BCUT2D eigenvalue weighted by atomic mass is 16.6. The Morgan fingerprint density at radius 3 is 2.83 bits per heavy atom. The predicted molar refractivity (Wildman–Crippen MR) is 62.3 cm³/mol. The van der Waals surface area contributed by atoms with Crippen LogP contribution in [0.3, 0.4) is 0 Å². The molecule has 0 aliphatic rings. The lowest BCUT2D eigenvalue weighted by Gasteiger charge is -2.02. The maximum atomic E-state index is 11.3. The summed E-state index contributed by atoms with van der Waals surface area (Å²) in [6.07, 6.45) is 2.23. The largest absolute Gasteiger partial charge is 0.460 e. The third kappa shape index (κ3) is 4.44. The van der Waals surface area contributed by atoms with Crippen LogP contribution in [-0.2, 0) is 9.47 Å². The van der Waals surface area contributed by atoms with E-state index in [4.69, 9.17) is 13.9 Å². The Labute approximate surface area is 104 Å². The van der Waals surface area contributed by atoms with Crippen LogP contribution in [0, 0.1) is 0 Å². The van der Waals surface area contributed by atoms with E-state index in [0.717, 1.165) is 12.8 Å². The third-order valence-corrected chi connectivity index (χ3v) is 1.92. The number of ether oxygens (including phenoxy) is 2. The maximum Gasteiger partial charge on any atom is 0.415 e. The van der Waals surface area contributed by atoms with Crippen molar-refractivity contribution in [3.63, 3.8) is 0 Å². The number of aromatic nitrogens is 1. The summed E-state index contributed by atoms with van der Waals surface area (Å²) in [4.78, 5) is 26.2. The number of nitrogens with zero attached hydrogens (tertiary/aromatic N) is 1. The number of esters is 1. The summed E-state index contributed by atoms with van der Waals surface area (Å²) in [5, 5.41) is 2.27. The van der Waals surface area contributed by atoms with Crippen molar-refractivity contribution in [1.82, 2.24) is 4.98 Å². The molecule has 1 heterocycles. The second kappa shape index (κ2) is 7.31. The van der Waals surface area contributed by atoms with Gasteiger partial charge >= 0.3 is 18.1 Å². The number of unbranched alkanes of at least 4 members (excludes halogenated alkanes) is 1. The molecule has 0 fully saturated rings. The number of hydrogen-bond donors (Lipinski definition) is 1. The van der Waals surface area contributed by atoms with E-state index < -0.39 is 12.1 Å². The van der Waals surface area contributed by atoms with Gasteiger partial charge in [-0.15, -0.1) is 0 Å². The average Bonchev–Trinajstić information content (AvgIpc) is 2.78. The summed E-state index contributed by atoms with van der Waals surface area (Å²) < 4.78 is 14.5. The Kier molecular flexibility index (Phi) is 5.69. The van der Waals surface area contributed by atoms with Crippen molar-refractivity contribution in [3.8, 4) is 0 Å². The zero-order chi connectivity index (χ0) is 13.4. The SMILES string of the molecule is CCCCOC(=O)Nc1ncc(C(=O)OCC)o1. The lowest BCUT2D eigenvalue weighted by atomic mass is 10.4. The van der Waals surface area contributed by atoms with E-state index in [0.29, 0.717) is 6.61 Å². The fourth-order valence-corrected chi connectivity index (χ4v) is 1.06. The topological polar surface area (TPSA) is 90.7 Å². The van der Waals surface area contributed by atoms with Crippen molar-refractivity contribution in [2.24, 2.45) is 0 Å². The number of rotatable bonds is 6. The third-order valence-electron chi connectivity index (χ3n) is 1.92. The van der Waals surface area contributed by atoms with Gasteiger partial charge in [-0.2, -0.15) is 0 Å². The lowest BCUT2D eigenvalue weighted by molar-refractivity contribution is 0.0491. The predicted octanol–water partition coefficient (Wildman–Crippen LogP) is 2.20. The molecule has 0 radical (unpaired) electrons. The molecular formula is C11H16N2O5. The van der Waals surface area contributed by atoms with Gasteiger partial charge in [0.2, 0.25) is 5.76 Å². The fraction of sp³-hybridized carbons (Fsp3) is 0.545. The van der Waals surface area contributed by atoms with Gasteiger partial charge in [-0.05, 0) is 13.3 Å². The van der Waals surface area contributed by atoms with Crippen molar-refractivity contribution in [2.75, 3.05) is 18.5 Å². The van der Waals surface area contributed by atoms with Gasteiger partial charge in [-0.25, -0.2) is 19.9 Å². The molecule has 1 amide bonds. The Balaban J connectivity index is 2.43. The van der Waals surface area contributed by atoms with Gasteiger partial charge in [0.05, 0.1) is 19.4 Å². The van der Waals surface area contributed by atoms with E-state index in [2.05, 4.69) is 10.3 Å². The molecule has 1 aromatic rings. The minimum absolute atomic E-state index is 0.0688. The highest BCUT2D eigenvalue weighted by molar-refractivity contribution is 5.87. The van der Waals surface area contributed by atoms with Crippen molar-refractivity contribution < 1.29 is 23.5 Å². The number of anilines is 1. The van der Waals surface area contributed by atoms with Gasteiger partial charge in [0.15, 0.2) is 0 Å². The van der Waals surface area contributed by atoms with E-state index in [9.17, 15) is 9.59 Å². The first-order valence-corrected chi connectivity index (χ1v) is 5.74. The van der Waals surface area contributed by atoms with E-state index in [1.807, 2.05) is 6.92 Å². The number of oxazole rings is 1. The molecule has 1 aromatic heterocycles. The molecule has 0 saturated heterocycles. The molecule has 0 saturated carbocycles. The molecule has 0 unspecified atom stereocenters. The van der Waals surface area contributed by atoms with Gasteiger partial charge < -0.3 is 13.9 Å². The Hall–Kier alpha value is -2.05. The van der Waals surface area contributed by atoms with E-state index in [1.54, 1.807) is 6.92 Å². The summed E-state index contributed by atoms with van der Waals surface area (Å²) >= 11 is 0. The second-order valence-corrected chi connectivity index (χ2v) is 3.36. The van der Waals surface area contributed by atoms with E-state index in [1.165, 1.54) is 6.20 Å². The average molecular weight is 256 g/mol. The first-order valence-electron chi connectivity index (χ1n) is 5.74. The van der Waals surface area contributed by atoms with Gasteiger partial charge in [0.1, 0.15) is 0 Å². The molecule has 1 rings (SSSR count). The van der Waals surface area contributed by atoms with E-state index in [-0.39, 0.29) is 18.4 Å². The fourth-order valence-electron chi connectivity index (χ4n) is 1.06. The lowest BCUT2D eigenvalue weighted by Crippen LogP contribution is -2.14. The smallest absolute Gasteiger partial charge is 0.415 e. The van der Waals surface area contributed by atoms with Gasteiger partial charge in [-0.1, -0.05) is 13.3 Å². The highest BCUT2D eigenvalue weighted by Crippen LogP contribution is 2.10. The monoisotopic (exact) mass is 256 g/mol. The molecule has 0 atom stereocenters. The Morgan fingerprint density at radius 1 is 1.39 bits per heavy atom. The summed E-state index contributed by atoms with van der Waals surface area (Å²) in [7, 11) is 0. The molecule has 100 valence electrons. The molecule has 1 N–H and O–H groups in total. The van der Waals surface area contributed by atoms with Crippen LogP contribution in [0.5, 0.6) is 0 Å². The molecule has 0 aliphatic carbocycles. The van der Waals surface area contributed by atoms with Crippen LogP contribution < -0.4 is 5.32 Å². The molecule has 18 heavy (non-hydrogen) atoms. The minimum atomic E-state index is -0.666. The molecule has 0 bridgehead atoms. The second-order valence-electron chi connectivity index (χ2n) is 3.36. The van der Waals surface area contributed by atoms with Crippen molar-refractivity contribution in [3.05, 3.63) is 12.0 Å². The molecule has 0 spiro atoms. The van der Waals surface area contributed by atoms with E-state index >= 15 is 0 Å². The standard InChI is InChI=1S/C11H16N2O5/c1-3-5-6-17-11(15)13-10-12-7-8(18-10)9(14)16-4-2/h7H,3-6H2,1-2H3,(H,12,13,15). The van der Waals surface area contributed by atoms with Crippen LogP contribution in [0.2, 0.25) is 0 Å². The number of carbonyl (C=O) groups excluding carboxylic acids is 2. The Bertz CT molecular complexity index is 402. The molecule has 7 nitrogen and oxygen atoms in total.